The summed E-state index contributed by atoms with van der Waals surface area (Å²) in [5.74, 6) is 0.0598. The molecule has 2 N–H and O–H groups in total. The van der Waals surface area contributed by atoms with Gasteiger partial charge in [0.2, 0.25) is 5.91 Å². The number of benzene rings is 1. The van der Waals surface area contributed by atoms with E-state index in [0.717, 1.165) is 23.1 Å². The highest BCUT2D eigenvalue weighted by Crippen LogP contribution is 2.22. The van der Waals surface area contributed by atoms with Crippen LogP contribution in [-0.4, -0.2) is 27.1 Å². The van der Waals surface area contributed by atoms with E-state index in [1.807, 2.05) is 19.9 Å². The van der Waals surface area contributed by atoms with Crippen LogP contribution in [0.5, 0.6) is 0 Å². The largest absolute Gasteiger partial charge is 0.323 e. The first kappa shape index (κ1) is 19.1. The highest BCUT2D eigenvalue weighted by Gasteiger charge is 2.14. The molecule has 0 aliphatic carbocycles. The minimum absolute atomic E-state index is 0.184. The molecule has 1 aromatic heterocycles. The molecule has 0 saturated heterocycles. The third-order valence-electron chi connectivity index (χ3n) is 3.65. The van der Waals surface area contributed by atoms with Crippen LogP contribution in [0, 0.1) is 19.8 Å². The van der Waals surface area contributed by atoms with Crippen LogP contribution < -0.4 is 10.9 Å². The van der Waals surface area contributed by atoms with Gasteiger partial charge < -0.3 is 4.57 Å². The molecule has 0 spiro atoms. The fraction of sp³-hybridized carbons (Fsp3) is 0.389. The van der Waals surface area contributed by atoms with Crippen LogP contribution in [0.1, 0.15) is 35.6 Å². The first-order valence-corrected chi connectivity index (χ1v) is 9.17. The highest BCUT2D eigenvalue weighted by atomic mass is 32.2. The predicted octanol–water partition coefficient (Wildman–Crippen LogP) is 2.71. The number of aryl methyl sites for hydroxylation is 1. The smallest absolute Gasteiger partial charge is 0.269 e. The van der Waals surface area contributed by atoms with Gasteiger partial charge in [-0.1, -0.05) is 43.8 Å². The van der Waals surface area contributed by atoms with Gasteiger partial charge in [0.1, 0.15) is 0 Å². The molecule has 1 aromatic carbocycles. The summed E-state index contributed by atoms with van der Waals surface area (Å²) >= 11 is 1.37. The van der Waals surface area contributed by atoms with Crippen molar-refractivity contribution in [3.8, 4) is 0 Å². The van der Waals surface area contributed by atoms with E-state index in [2.05, 4.69) is 34.3 Å². The topological polar surface area (TPSA) is 76.0 Å². The average Bonchev–Trinajstić information content (AvgIpc) is 2.86. The van der Waals surface area contributed by atoms with Gasteiger partial charge >= 0.3 is 0 Å². The number of hydrazine groups is 1. The molecular weight excluding hydrogens is 336 g/mol. The molecule has 0 aliphatic rings. The van der Waals surface area contributed by atoms with Crippen LogP contribution in [-0.2, 0) is 11.3 Å². The van der Waals surface area contributed by atoms with Crippen molar-refractivity contribution in [1.82, 2.24) is 20.4 Å². The van der Waals surface area contributed by atoms with Gasteiger partial charge in [-0.15, -0.1) is 0 Å². The summed E-state index contributed by atoms with van der Waals surface area (Å²) in [4.78, 5) is 28.4. The zero-order valence-corrected chi connectivity index (χ0v) is 15.8. The maximum Gasteiger partial charge on any atom is 0.269 e. The van der Waals surface area contributed by atoms with Crippen LogP contribution in [0.2, 0.25) is 0 Å². The molecular formula is C18H24N4O2S. The number of carbonyl (C=O) groups excluding carboxylic acids is 2. The van der Waals surface area contributed by atoms with Crippen LogP contribution in [0.4, 0.5) is 0 Å². The standard InChI is InChI=1S/C18H24N4O2S/c1-12(2)10-22-14(4)13(3)19-18(22)25-11-16(23)20-21-17(24)15-8-6-5-7-9-15/h5-9,12H,10-11H2,1-4H3,(H,20,23)(H,21,24). The van der Waals surface area contributed by atoms with E-state index in [-0.39, 0.29) is 17.6 Å². The van der Waals surface area contributed by atoms with E-state index in [1.54, 1.807) is 24.3 Å². The van der Waals surface area contributed by atoms with E-state index in [0.29, 0.717) is 11.5 Å². The summed E-state index contributed by atoms with van der Waals surface area (Å²) in [6, 6.07) is 8.74. The molecule has 0 saturated carbocycles. The number of thioether (sulfide) groups is 1. The quantitative estimate of drug-likeness (QED) is 0.613. The summed E-state index contributed by atoms with van der Waals surface area (Å²) < 4.78 is 2.14. The number of aromatic nitrogens is 2. The maximum absolute atomic E-state index is 12.0. The lowest BCUT2D eigenvalue weighted by atomic mass is 10.2. The molecule has 0 atom stereocenters. The molecule has 2 aromatic rings. The molecule has 134 valence electrons. The Morgan fingerprint density at radius 1 is 1.16 bits per heavy atom. The first-order valence-electron chi connectivity index (χ1n) is 8.19. The van der Waals surface area contributed by atoms with E-state index >= 15 is 0 Å². The van der Waals surface area contributed by atoms with Crippen molar-refractivity contribution in [3.05, 3.63) is 47.3 Å². The summed E-state index contributed by atoms with van der Waals surface area (Å²) in [7, 11) is 0. The van der Waals surface area contributed by atoms with Crippen molar-refractivity contribution < 1.29 is 9.59 Å². The van der Waals surface area contributed by atoms with Gasteiger partial charge in [-0.05, 0) is 31.9 Å². The minimum Gasteiger partial charge on any atom is -0.323 e. The van der Waals surface area contributed by atoms with Gasteiger partial charge in [-0.2, -0.15) is 0 Å². The Bertz CT molecular complexity index is 741. The molecule has 6 nitrogen and oxygen atoms in total. The van der Waals surface area contributed by atoms with E-state index in [1.165, 1.54) is 11.8 Å². The Kier molecular flexibility index (Phi) is 6.64. The fourth-order valence-electron chi connectivity index (χ4n) is 2.27. The molecule has 0 aliphatic heterocycles. The summed E-state index contributed by atoms with van der Waals surface area (Å²) in [6.45, 7) is 9.16. The van der Waals surface area contributed by atoms with Crippen molar-refractivity contribution in [2.45, 2.75) is 39.4 Å². The van der Waals surface area contributed by atoms with Gasteiger partial charge in [0.25, 0.3) is 5.91 Å². The third-order valence-corrected chi connectivity index (χ3v) is 4.63. The van der Waals surface area contributed by atoms with Gasteiger partial charge in [-0.3, -0.25) is 20.4 Å². The first-order chi connectivity index (χ1) is 11.9. The Labute approximate surface area is 152 Å². The van der Waals surface area contributed by atoms with Crippen LogP contribution >= 0.6 is 11.8 Å². The number of hydrogen-bond donors (Lipinski definition) is 2. The summed E-state index contributed by atoms with van der Waals surface area (Å²) in [5, 5.41) is 0.827. The van der Waals surface area contributed by atoms with Crippen LogP contribution in [0.25, 0.3) is 0 Å². The lowest BCUT2D eigenvalue weighted by Crippen LogP contribution is -2.42. The van der Waals surface area contributed by atoms with Gasteiger partial charge in [0, 0.05) is 17.8 Å². The Morgan fingerprint density at radius 2 is 1.84 bits per heavy atom. The van der Waals surface area contributed by atoms with Crippen molar-refractivity contribution in [2.75, 3.05) is 5.75 Å². The summed E-state index contributed by atoms with van der Waals surface area (Å²) in [6.07, 6.45) is 0. The SMILES string of the molecule is Cc1nc(SCC(=O)NNC(=O)c2ccccc2)n(CC(C)C)c1C. The van der Waals surface area contributed by atoms with E-state index in [9.17, 15) is 9.59 Å². The number of imidazole rings is 1. The fourth-order valence-corrected chi connectivity index (χ4v) is 3.17. The molecule has 2 amide bonds. The van der Waals surface area contributed by atoms with Gasteiger partial charge in [0.15, 0.2) is 5.16 Å². The second kappa shape index (κ2) is 8.71. The molecule has 1 heterocycles. The van der Waals surface area contributed by atoms with Crippen molar-refractivity contribution >= 4 is 23.6 Å². The number of hydrogen-bond acceptors (Lipinski definition) is 4. The lowest BCUT2D eigenvalue weighted by molar-refractivity contribution is -0.119. The van der Waals surface area contributed by atoms with Crippen LogP contribution in [0.3, 0.4) is 0 Å². The number of nitrogens with zero attached hydrogens (tertiary/aromatic N) is 2. The molecule has 2 rings (SSSR count). The van der Waals surface area contributed by atoms with Crippen molar-refractivity contribution in [3.63, 3.8) is 0 Å². The Balaban J connectivity index is 1.88. The highest BCUT2D eigenvalue weighted by molar-refractivity contribution is 7.99. The number of amides is 2. The van der Waals surface area contributed by atoms with E-state index < -0.39 is 0 Å². The van der Waals surface area contributed by atoms with Crippen molar-refractivity contribution in [2.24, 2.45) is 5.92 Å². The number of rotatable bonds is 6. The van der Waals surface area contributed by atoms with Gasteiger partial charge in [-0.25, -0.2) is 4.98 Å². The average molecular weight is 360 g/mol. The van der Waals surface area contributed by atoms with Crippen LogP contribution in [0.15, 0.2) is 35.5 Å². The Hall–Kier alpha value is -2.28. The lowest BCUT2D eigenvalue weighted by Gasteiger charge is -2.12. The molecule has 25 heavy (non-hydrogen) atoms. The molecule has 7 heteroatoms. The monoisotopic (exact) mass is 360 g/mol. The normalized spacial score (nSPS) is 10.8. The number of carbonyl (C=O) groups is 2. The molecule has 0 fully saturated rings. The van der Waals surface area contributed by atoms with E-state index in [4.69, 9.17) is 0 Å². The van der Waals surface area contributed by atoms with Crippen molar-refractivity contribution in [1.29, 1.82) is 0 Å². The second-order valence-electron chi connectivity index (χ2n) is 6.23. The van der Waals surface area contributed by atoms with Gasteiger partial charge in [0.05, 0.1) is 11.4 Å². The molecule has 0 unspecified atom stereocenters. The zero-order chi connectivity index (χ0) is 18.4. The number of nitrogens with one attached hydrogen (secondary N) is 2. The maximum atomic E-state index is 12.0. The molecule has 0 radical (unpaired) electrons. The summed E-state index contributed by atoms with van der Waals surface area (Å²) in [5.41, 5.74) is 7.44. The predicted molar refractivity (Wildman–Crippen MR) is 99.3 cm³/mol. The zero-order valence-electron chi connectivity index (χ0n) is 15.0. The minimum atomic E-state index is -0.341. The Morgan fingerprint density at radius 3 is 2.48 bits per heavy atom. The third kappa shape index (κ3) is 5.35. The second-order valence-corrected chi connectivity index (χ2v) is 7.17. The molecule has 0 bridgehead atoms.